The zero-order valence-electron chi connectivity index (χ0n) is 22.5. The Morgan fingerprint density at radius 2 is 1.61 bits per heavy atom. The second-order valence-corrected chi connectivity index (χ2v) is 11.2. The molecule has 1 aliphatic carbocycles. The summed E-state index contributed by atoms with van der Waals surface area (Å²) in [7, 11) is 4.95. The molecule has 0 spiro atoms. The van der Waals surface area contributed by atoms with Crippen LogP contribution >= 0.6 is 0 Å². The molecule has 2 heterocycles. The van der Waals surface area contributed by atoms with Gasteiger partial charge in [-0.15, -0.1) is 0 Å². The van der Waals surface area contributed by atoms with Crippen molar-refractivity contribution >= 4 is 16.7 Å². The number of ether oxygens (including phenoxy) is 4. The number of benzene rings is 2. The molecule has 3 aromatic rings. The molecule has 192 valence electrons. The van der Waals surface area contributed by atoms with Gasteiger partial charge in [0.25, 0.3) is 0 Å². The number of rotatable bonds is 7. The van der Waals surface area contributed by atoms with Gasteiger partial charge in [-0.3, -0.25) is 0 Å². The van der Waals surface area contributed by atoms with E-state index in [-0.39, 0.29) is 5.41 Å². The fraction of sp³-hybridized carbons (Fsp3) is 0.517. The van der Waals surface area contributed by atoms with Crippen molar-refractivity contribution in [2.45, 2.75) is 53.0 Å². The standard InChI is InChI=1S/C29H37N3O4/c1-8-36-25-13-21-20(12-24(25)35-7)27(32-17-29(4)15-19(32)14-28(2,3)16-29)31-26(30-21)18-9-10-22(33-5)23(11-18)34-6/h9-13,19H,8,14-17H2,1-7H3/t19-,29-/m0/s1. The van der Waals surface area contributed by atoms with Gasteiger partial charge in [0.05, 0.1) is 33.5 Å². The van der Waals surface area contributed by atoms with Crippen LogP contribution in [-0.4, -0.2) is 50.5 Å². The fourth-order valence-corrected chi connectivity index (χ4v) is 6.58. The van der Waals surface area contributed by atoms with Crippen LogP contribution in [0, 0.1) is 10.8 Å². The maximum Gasteiger partial charge on any atom is 0.163 e. The predicted molar refractivity (Wildman–Crippen MR) is 143 cm³/mol. The van der Waals surface area contributed by atoms with Gasteiger partial charge in [-0.05, 0) is 61.3 Å². The molecular formula is C29H37N3O4. The average Bonchev–Trinajstić information content (AvgIpc) is 3.10. The molecule has 0 radical (unpaired) electrons. The van der Waals surface area contributed by atoms with E-state index >= 15 is 0 Å². The molecule has 2 bridgehead atoms. The minimum absolute atomic E-state index is 0.266. The summed E-state index contributed by atoms with van der Waals surface area (Å²) in [6, 6.07) is 10.3. The third-order valence-corrected chi connectivity index (χ3v) is 7.59. The summed E-state index contributed by atoms with van der Waals surface area (Å²) in [4.78, 5) is 12.7. The van der Waals surface area contributed by atoms with Gasteiger partial charge in [-0.1, -0.05) is 20.8 Å². The lowest BCUT2D eigenvalue weighted by molar-refractivity contribution is 0.136. The molecule has 36 heavy (non-hydrogen) atoms. The number of hydrogen-bond acceptors (Lipinski definition) is 7. The maximum absolute atomic E-state index is 5.89. The van der Waals surface area contributed by atoms with E-state index in [1.807, 2.05) is 37.3 Å². The Bertz CT molecular complexity index is 1290. The summed E-state index contributed by atoms with van der Waals surface area (Å²) in [5.41, 5.74) is 2.28. The smallest absolute Gasteiger partial charge is 0.163 e. The summed E-state index contributed by atoms with van der Waals surface area (Å²) in [5, 5.41) is 0.980. The van der Waals surface area contributed by atoms with Crippen LogP contribution in [0.5, 0.6) is 23.0 Å². The average molecular weight is 492 g/mol. The van der Waals surface area contributed by atoms with E-state index in [0.717, 1.165) is 35.2 Å². The Morgan fingerprint density at radius 3 is 2.31 bits per heavy atom. The van der Waals surface area contributed by atoms with Crippen LogP contribution in [0.3, 0.4) is 0 Å². The van der Waals surface area contributed by atoms with Crippen molar-refractivity contribution in [2.75, 3.05) is 39.4 Å². The molecule has 1 aromatic heterocycles. The van der Waals surface area contributed by atoms with E-state index in [1.54, 1.807) is 21.3 Å². The molecular weight excluding hydrogens is 454 g/mol. The van der Waals surface area contributed by atoms with Crippen LogP contribution in [0.25, 0.3) is 22.3 Å². The number of anilines is 1. The van der Waals surface area contributed by atoms with Crippen molar-refractivity contribution in [3.8, 4) is 34.4 Å². The topological polar surface area (TPSA) is 65.9 Å². The highest BCUT2D eigenvalue weighted by atomic mass is 16.5. The van der Waals surface area contributed by atoms with Crippen molar-refractivity contribution in [3.63, 3.8) is 0 Å². The maximum atomic E-state index is 5.89. The lowest BCUT2D eigenvalue weighted by atomic mass is 9.65. The molecule has 1 saturated heterocycles. The van der Waals surface area contributed by atoms with Gasteiger partial charge in [0, 0.05) is 29.6 Å². The van der Waals surface area contributed by atoms with Crippen molar-refractivity contribution in [2.24, 2.45) is 10.8 Å². The second kappa shape index (κ2) is 9.02. The largest absolute Gasteiger partial charge is 0.493 e. The predicted octanol–water partition coefficient (Wildman–Crippen LogP) is 6.13. The first-order valence-corrected chi connectivity index (χ1v) is 12.7. The summed E-state index contributed by atoms with van der Waals surface area (Å²) in [5.74, 6) is 4.31. The Hall–Kier alpha value is -3.22. The summed E-state index contributed by atoms with van der Waals surface area (Å²) in [6.45, 7) is 10.7. The zero-order valence-corrected chi connectivity index (χ0v) is 22.5. The lowest BCUT2D eigenvalue weighted by Gasteiger charge is -2.39. The van der Waals surface area contributed by atoms with E-state index in [9.17, 15) is 0 Å². The first-order valence-electron chi connectivity index (χ1n) is 12.7. The van der Waals surface area contributed by atoms with Gasteiger partial charge in [0.2, 0.25) is 0 Å². The summed E-state index contributed by atoms with van der Waals surface area (Å²) in [6.07, 6.45) is 3.55. The van der Waals surface area contributed by atoms with Crippen LogP contribution in [0.15, 0.2) is 30.3 Å². The Kier molecular flexibility index (Phi) is 6.13. The minimum Gasteiger partial charge on any atom is -0.493 e. The van der Waals surface area contributed by atoms with Crippen LogP contribution in [0.1, 0.15) is 47.0 Å². The minimum atomic E-state index is 0.266. The molecule has 2 aromatic carbocycles. The molecule has 0 N–H and O–H groups in total. The van der Waals surface area contributed by atoms with Gasteiger partial charge >= 0.3 is 0 Å². The summed E-state index contributed by atoms with van der Waals surface area (Å²) >= 11 is 0. The fourth-order valence-electron chi connectivity index (χ4n) is 6.58. The van der Waals surface area contributed by atoms with Crippen molar-refractivity contribution in [1.29, 1.82) is 0 Å². The van der Waals surface area contributed by atoms with E-state index in [1.165, 1.54) is 12.8 Å². The van der Waals surface area contributed by atoms with E-state index in [2.05, 4.69) is 25.7 Å². The normalized spacial score (nSPS) is 22.5. The number of hydrogen-bond donors (Lipinski definition) is 0. The molecule has 7 nitrogen and oxygen atoms in total. The monoisotopic (exact) mass is 491 g/mol. The Morgan fingerprint density at radius 1 is 0.889 bits per heavy atom. The molecule has 1 saturated carbocycles. The van der Waals surface area contributed by atoms with E-state index < -0.39 is 0 Å². The van der Waals surface area contributed by atoms with Crippen LogP contribution in [0.2, 0.25) is 0 Å². The third-order valence-electron chi connectivity index (χ3n) is 7.59. The van der Waals surface area contributed by atoms with Crippen molar-refractivity contribution < 1.29 is 18.9 Å². The second-order valence-electron chi connectivity index (χ2n) is 11.2. The first-order chi connectivity index (χ1) is 17.2. The third kappa shape index (κ3) is 4.29. The van der Waals surface area contributed by atoms with Crippen molar-refractivity contribution in [3.05, 3.63) is 30.3 Å². The highest BCUT2D eigenvalue weighted by Gasteiger charge is 2.50. The number of aromatic nitrogens is 2. The van der Waals surface area contributed by atoms with Gasteiger partial charge < -0.3 is 23.8 Å². The van der Waals surface area contributed by atoms with Gasteiger partial charge in [-0.2, -0.15) is 0 Å². The van der Waals surface area contributed by atoms with Crippen LogP contribution in [-0.2, 0) is 0 Å². The Labute approximate surface area is 213 Å². The van der Waals surface area contributed by atoms with E-state index in [0.29, 0.717) is 46.9 Å². The van der Waals surface area contributed by atoms with Crippen LogP contribution in [0.4, 0.5) is 5.82 Å². The molecule has 5 rings (SSSR count). The van der Waals surface area contributed by atoms with Crippen molar-refractivity contribution in [1.82, 2.24) is 9.97 Å². The van der Waals surface area contributed by atoms with Crippen LogP contribution < -0.4 is 23.8 Å². The molecule has 2 aliphatic rings. The Balaban J connectivity index is 1.71. The highest BCUT2D eigenvalue weighted by Crippen LogP contribution is 2.54. The SMILES string of the molecule is CCOc1cc2nc(-c3ccc(OC)c(OC)c3)nc(N3C[C@@]4(C)C[C@@H]3CC(C)(C)C4)c2cc1OC. The summed E-state index contributed by atoms with van der Waals surface area (Å²) < 4.78 is 22.6. The quantitative estimate of drug-likeness (QED) is 0.394. The molecule has 2 atom stereocenters. The molecule has 0 unspecified atom stereocenters. The first kappa shape index (κ1) is 24.5. The number of methoxy groups -OCH3 is 3. The molecule has 0 amide bonds. The molecule has 1 aliphatic heterocycles. The van der Waals surface area contributed by atoms with E-state index in [4.69, 9.17) is 28.9 Å². The van der Waals surface area contributed by atoms with Gasteiger partial charge in [-0.25, -0.2) is 9.97 Å². The van der Waals surface area contributed by atoms with Gasteiger partial charge in [0.15, 0.2) is 28.8 Å². The molecule has 2 fully saturated rings. The highest BCUT2D eigenvalue weighted by molar-refractivity contribution is 5.94. The number of nitrogens with zero attached hydrogens (tertiary/aromatic N) is 3. The van der Waals surface area contributed by atoms with Gasteiger partial charge in [0.1, 0.15) is 5.82 Å². The number of fused-ring (bicyclic) bond motifs is 3. The lowest BCUT2D eigenvalue weighted by Crippen LogP contribution is -2.35. The zero-order chi connectivity index (χ0) is 25.7. The molecule has 7 heteroatoms.